The average Bonchev–Trinajstić information content (AvgIpc) is 2.26. The number of halogens is 1. The Morgan fingerprint density at radius 1 is 1.53 bits per heavy atom. The van der Waals surface area contributed by atoms with E-state index in [1.165, 1.54) is 6.07 Å². The summed E-state index contributed by atoms with van der Waals surface area (Å²) in [4.78, 5) is 20.9. The molecule has 0 unspecified atom stereocenters. The lowest BCUT2D eigenvalue weighted by Gasteiger charge is -2.04. The smallest absolute Gasteiger partial charge is 0.304 e. The van der Waals surface area contributed by atoms with Gasteiger partial charge in [-0.3, -0.25) is 14.9 Å². The van der Waals surface area contributed by atoms with Crippen LogP contribution in [-0.4, -0.2) is 10.8 Å². The molecular formula is C11H13FN2O3. The zero-order valence-corrected chi connectivity index (χ0v) is 9.40. The van der Waals surface area contributed by atoms with Crippen LogP contribution in [0.1, 0.15) is 26.2 Å². The highest BCUT2D eigenvalue weighted by atomic mass is 19.1. The molecular weight excluding hydrogens is 227 g/mol. The summed E-state index contributed by atoms with van der Waals surface area (Å²) in [6.07, 6.45) is 2.00. The van der Waals surface area contributed by atoms with Crippen molar-refractivity contribution < 1.29 is 14.1 Å². The molecule has 5 nitrogen and oxygen atoms in total. The topological polar surface area (TPSA) is 72.2 Å². The number of benzene rings is 1. The summed E-state index contributed by atoms with van der Waals surface area (Å²) < 4.78 is 13.2. The Morgan fingerprint density at radius 2 is 2.24 bits per heavy atom. The van der Waals surface area contributed by atoms with Gasteiger partial charge in [-0.15, -0.1) is 0 Å². The summed E-state index contributed by atoms with van der Waals surface area (Å²) in [7, 11) is 0. The Hall–Kier alpha value is -1.98. The first-order valence-corrected chi connectivity index (χ1v) is 5.28. The van der Waals surface area contributed by atoms with Gasteiger partial charge < -0.3 is 5.32 Å². The van der Waals surface area contributed by atoms with Crippen molar-refractivity contribution in [2.45, 2.75) is 26.2 Å². The van der Waals surface area contributed by atoms with Crippen molar-refractivity contribution in [3.05, 3.63) is 34.1 Å². The lowest BCUT2D eigenvalue weighted by atomic mass is 10.2. The normalized spacial score (nSPS) is 10.0. The van der Waals surface area contributed by atoms with Gasteiger partial charge in [-0.25, -0.2) is 0 Å². The van der Waals surface area contributed by atoms with E-state index in [2.05, 4.69) is 5.32 Å². The van der Waals surface area contributed by atoms with Gasteiger partial charge in [-0.2, -0.15) is 4.39 Å². The highest BCUT2D eigenvalue weighted by molar-refractivity contribution is 5.90. The summed E-state index contributed by atoms with van der Waals surface area (Å²) >= 11 is 0. The number of carbonyl (C=O) groups is 1. The molecule has 1 N–H and O–H groups in total. The minimum absolute atomic E-state index is 0.222. The Kier molecular flexibility index (Phi) is 4.56. The largest absolute Gasteiger partial charge is 0.326 e. The summed E-state index contributed by atoms with van der Waals surface area (Å²) in [6.45, 7) is 1.96. The standard InChI is InChI=1S/C11H13FN2O3/c1-2-3-4-11(15)13-8-5-6-10(14(16)17)9(12)7-8/h5-7H,2-4H2,1H3,(H,13,15). The fourth-order valence-electron chi connectivity index (χ4n) is 1.29. The zero-order valence-electron chi connectivity index (χ0n) is 9.40. The number of amides is 1. The van der Waals surface area contributed by atoms with Gasteiger partial charge in [0.15, 0.2) is 0 Å². The molecule has 0 saturated heterocycles. The summed E-state index contributed by atoms with van der Waals surface area (Å²) in [5, 5.41) is 12.9. The number of nitrogens with zero attached hydrogens (tertiary/aromatic N) is 1. The average molecular weight is 240 g/mol. The van der Waals surface area contributed by atoms with Crippen LogP contribution in [-0.2, 0) is 4.79 Å². The molecule has 1 amide bonds. The van der Waals surface area contributed by atoms with Crippen LogP contribution in [0.4, 0.5) is 15.8 Å². The molecule has 1 rings (SSSR count). The second kappa shape index (κ2) is 5.93. The molecule has 6 heteroatoms. The predicted octanol–water partition coefficient (Wildman–Crippen LogP) is 2.86. The summed E-state index contributed by atoms with van der Waals surface area (Å²) in [5.74, 6) is -1.18. The number of nitro groups is 1. The summed E-state index contributed by atoms with van der Waals surface area (Å²) in [6, 6.07) is 3.29. The van der Waals surface area contributed by atoms with Gasteiger partial charge in [0.2, 0.25) is 11.7 Å². The van der Waals surface area contributed by atoms with Crippen molar-refractivity contribution >= 4 is 17.3 Å². The molecule has 0 spiro atoms. The molecule has 1 aromatic rings. The minimum Gasteiger partial charge on any atom is -0.326 e. The van der Waals surface area contributed by atoms with Crippen LogP contribution in [0.3, 0.4) is 0 Å². The van der Waals surface area contributed by atoms with Crippen LogP contribution in [0.2, 0.25) is 0 Å². The maximum atomic E-state index is 13.2. The number of hydrogen-bond acceptors (Lipinski definition) is 3. The van der Waals surface area contributed by atoms with Gasteiger partial charge in [0.25, 0.3) is 0 Å². The molecule has 0 atom stereocenters. The molecule has 0 bridgehead atoms. The number of nitro benzene ring substituents is 1. The second-order valence-electron chi connectivity index (χ2n) is 3.58. The van der Waals surface area contributed by atoms with Gasteiger partial charge in [0, 0.05) is 24.2 Å². The van der Waals surface area contributed by atoms with Crippen LogP contribution in [0.5, 0.6) is 0 Å². The molecule has 0 aliphatic carbocycles. The van der Waals surface area contributed by atoms with Gasteiger partial charge in [-0.05, 0) is 12.5 Å². The van der Waals surface area contributed by atoms with Gasteiger partial charge in [-0.1, -0.05) is 13.3 Å². The van der Waals surface area contributed by atoms with E-state index in [1.807, 2.05) is 6.92 Å². The Morgan fingerprint density at radius 3 is 2.76 bits per heavy atom. The first kappa shape index (κ1) is 13.1. The van der Waals surface area contributed by atoms with E-state index in [4.69, 9.17) is 0 Å². The summed E-state index contributed by atoms with van der Waals surface area (Å²) in [5.41, 5.74) is -0.370. The Labute approximate surface area is 97.8 Å². The van der Waals surface area contributed by atoms with Crippen LogP contribution < -0.4 is 5.32 Å². The zero-order chi connectivity index (χ0) is 12.8. The maximum absolute atomic E-state index is 13.2. The Balaban J connectivity index is 2.70. The number of nitrogens with one attached hydrogen (secondary N) is 1. The predicted molar refractivity (Wildman–Crippen MR) is 61.2 cm³/mol. The van der Waals surface area contributed by atoms with Crippen LogP contribution in [0.15, 0.2) is 18.2 Å². The van der Waals surface area contributed by atoms with Crippen LogP contribution in [0.25, 0.3) is 0 Å². The number of anilines is 1. The van der Waals surface area contributed by atoms with E-state index in [-0.39, 0.29) is 11.6 Å². The molecule has 17 heavy (non-hydrogen) atoms. The number of rotatable bonds is 5. The van der Waals surface area contributed by atoms with Crippen molar-refractivity contribution in [1.29, 1.82) is 0 Å². The van der Waals surface area contributed by atoms with Gasteiger partial charge in [0.1, 0.15) is 0 Å². The SMILES string of the molecule is CCCCC(=O)Nc1ccc([N+](=O)[O-])c(F)c1. The van der Waals surface area contributed by atoms with Crippen molar-refractivity contribution in [2.24, 2.45) is 0 Å². The van der Waals surface area contributed by atoms with E-state index in [0.717, 1.165) is 25.0 Å². The fraction of sp³-hybridized carbons (Fsp3) is 0.364. The quantitative estimate of drug-likeness (QED) is 0.635. The highest BCUT2D eigenvalue weighted by Crippen LogP contribution is 2.20. The van der Waals surface area contributed by atoms with Crippen molar-refractivity contribution in [1.82, 2.24) is 0 Å². The molecule has 0 aliphatic rings. The first-order chi connectivity index (χ1) is 8.04. The lowest BCUT2D eigenvalue weighted by molar-refractivity contribution is -0.387. The van der Waals surface area contributed by atoms with Gasteiger partial charge in [0.05, 0.1) is 4.92 Å². The van der Waals surface area contributed by atoms with E-state index in [9.17, 15) is 19.3 Å². The molecule has 0 heterocycles. The second-order valence-corrected chi connectivity index (χ2v) is 3.58. The Bertz CT molecular complexity index is 435. The molecule has 0 fully saturated rings. The van der Waals surface area contributed by atoms with Crippen molar-refractivity contribution in [3.63, 3.8) is 0 Å². The molecule has 1 aromatic carbocycles. The first-order valence-electron chi connectivity index (χ1n) is 5.28. The molecule has 0 radical (unpaired) electrons. The molecule has 92 valence electrons. The minimum atomic E-state index is -0.955. The lowest BCUT2D eigenvalue weighted by Crippen LogP contribution is -2.11. The van der Waals surface area contributed by atoms with Crippen LogP contribution >= 0.6 is 0 Å². The van der Waals surface area contributed by atoms with Crippen LogP contribution in [0, 0.1) is 15.9 Å². The van der Waals surface area contributed by atoms with Gasteiger partial charge >= 0.3 is 5.69 Å². The van der Waals surface area contributed by atoms with E-state index >= 15 is 0 Å². The van der Waals surface area contributed by atoms with E-state index in [0.29, 0.717) is 6.42 Å². The number of hydrogen-bond donors (Lipinski definition) is 1. The number of unbranched alkanes of at least 4 members (excludes halogenated alkanes) is 1. The molecule has 0 aliphatic heterocycles. The third-order valence-electron chi connectivity index (χ3n) is 2.19. The van der Waals surface area contributed by atoms with Crippen molar-refractivity contribution in [2.75, 3.05) is 5.32 Å². The third kappa shape index (κ3) is 3.82. The highest BCUT2D eigenvalue weighted by Gasteiger charge is 2.14. The molecule has 0 saturated carbocycles. The maximum Gasteiger partial charge on any atom is 0.304 e. The fourth-order valence-corrected chi connectivity index (χ4v) is 1.29. The number of carbonyl (C=O) groups excluding carboxylic acids is 1. The van der Waals surface area contributed by atoms with E-state index < -0.39 is 16.4 Å². The molecule has 0 aromatic heterocycles. The van der Waals surface area contributed by atoms with E-state index in [1.54, 1.807) is 0 Å². The third-order valence-corrected chi connectivity index (χ3v) is 2.19. The monoisotopic (exact) mass is 240 g/mol. The van der Waals surface area contributed by atoms with Crippen molar-refractivity contribution in [3.8, 4) is 0 Å².